The summed E-state index contributed by atoms with van der Waals surface area (Å²) in [6, 6.07) is 5.40. The molecular formula is C12H12N6O. The second kappa shape index (κ2) is 4.52. The number of fused-ring (bicyclic) bond motifs is 1. The SMILES string of the molecule is Cn1cnnc1CNC(=O)c1ccc2cn[nH]c2c1. The number of hydrogen-bond acceptors (Lipinski definition) is 4. The molecule has 2 N–H and O–H groups in total. The van der Waals surface area contributed by atoms with Crippen molar-refractivity contribution >= 4 is 16.8 Å². The third kappa shape index (κ3) is 2.17. The number of nitrogens with zero attached hydrogens (tertiary/aromatic N) is 4. The minimum absolute atomic E-state index is 0.153. The lowest BCUT2D eigenvalue weighted by Gasteiger charge is -2.04. The number of aromatic amines is 1. The minimum atomic E-state index is -0.153. The van der Waals surface area contributed by atoms with Gasteiger partial charge in [-0.3, -0.25) is 9.89 Å². The molecule has 19 heavy (non-hydrogen) atoms. The summed E-state index contributed by atoms with van der Waals surface area (Å²) in [6.45, 7) is 0.344. The number of amides is 1. The maximum absolute atomic E-state index is 12.0. The molecule has 0 aliphatic heterocycles. The lowest BCUT2D eigenvalue weighted by atomic mass is 10.1. The molecule has 3 aromatic rings. The van der Waals surface area contributed by atoms with Gasteiger partial charge in [-0.15, -0.1) is 10.2 Å². The van der Waals surface area contributed by atoms with Crippen molar-refractivity contribution in [3.05, 3.63) is 42.1 Å². The van der Waals surface area contributed by atoms with E-state index in [1.54, 1.807) is 29.2 Å². The van der Waals surface area contributed by atoms with E-state index >= 15 is 0 Å². The molecule has 7 heteroatoms. The first-order chi connectivity index (χ1) is 9.24. The van der Waals surface area contributed by atoms with Crippen LogP contribution in [0.15, 0.2) is 30.7 Å². The standard InChI is InChI=1S/C12H12N6O/c1-18-7-15-17-11(18)6-13-12(19)8-2-3-9-5-14-16-10(9)4-8/h2-5,7H,6H2,1H3,(H,13,19)(H,14,16). The van der Waals surface area contributed by atoms with Crippen LogP contribution in [-0.2, 0) is 13.6 Å². The number of benzene rings is 1. The Morgan fingerprint density at radius 2 is 2.37 bits per heavy atom. The lowest BCUT2D eigenvalue weighted by molar-refractivity contribution is 0.0949. The van der Waals surface area contributed by atoms with Crippen LogP contribution >= 0.6 is 0 Å². The van der Waals surface area contributed by atoms with E-state index in [2.05, 4.69) is 25.7 Å². The molecular weight excluding hydrogens is 244 g/mol. The summed E-state index contributed by atoms with van der Waals surface area (Å²) >= 11 is 0. The highest BCUT2D eigenvalue weighted by molar-refractivity contribution is 5.97. The van der Waals surface area contributed by atoms with Crippen LogP contribution in [0.3, 0.4) is 0 Å². The topological polar surface area (TPSA) is 88.5 Å². The Labute approximate surface area is 108 Å². The first-order valence-corrected chi connectivity index (χ1v) is 5.78. The zero-order valence-corrected chi connectivity index (χ0v) is 10.3. The fraction of sp³-hybridized carbons (Fsp3) is 0.167. The van der Waals surface area contributed by atoms with Gasteiger partial charge >= 0.3 is 0 Å². The molecule has 0 aliphatic carbocycles. The number of rotatable bonds is 3. The number of carbonyl (C=O) groups is 1. The normalized spacial score (nSPS) is 10.8. The monoisotopic (exact) mass is 256 g/mol. The maximum Gasteiger partial charge on any atom is 0.251 e. The van der Waals surface area contributed by atoms with Crippen molar-refractivity contribution in [1.29, 1.82) is 0 Å². The van der Waals surface area contributed by atoms with Crippen molar-refractivity contribution in [1.82, 2.24) is 30.3 Å². The summed E-state index contributed by atoms with van der Waals surface area (Å²) in [5, 5.41) is 18.2. The maximum atomic E-state index is 12.0. The number of carbonyl (C=O) groups excluding carboxylic acids is 1. The van der Waals surface area contributed by atoms with Crippen molar-refractivity contribution in [2.45, 2.75) is 6.54 Å². The highest BCUT2D eigenvalue weighted by Crippen LogP contribution is 2.12. The Bertz CT molecular complexity index is 728. The second-order valence-electron chi connectivity index (χ2n) is 4.21. The van der Waals surface area contributed by atoms with E-state index in [0.717, 1.165) is 10.9 Å². The van der Waals surface area contributed by atoms with Crippen LogP contribution in [0, 0.1) is 0 Å². The van der Waals surface area contributed by atoms with E-state index in [1.165, 1.54) is 0 Å². The van der Waals surface area contributed by atoms with Crippen LogP contribution in [0.1, 0.15) is 16.2 Å². The minimum Gasteiger partial charge on any atom is -0.345 e. The summed E-state index contributed by atoms with van der Waals surface area (Å²) in [5.74, 6) is 0.551. The predicted molar refractivity (Wildman–Crippen MR) is 68.3 cm³/mol. The highest BCUT2D eigenvalue weighted by atomic mass is 16.1. The van der Waals surface area contributed by atoms with Gasteiger partial charge in [-0.05, 0) is 12.1 Å². The molecule has 0 unspecified atom stereocenters. The van der Waals surface area contributed by atoms with Crippen LogP contribution in [0.2, 0.25) is 0 Å². The molecule has 0 aliphatic rings. The fourth-order valence-electron chi connectivity index (χ4n) is 1.81. The molecule has 0 spiro atoms. The number of aryl methyl sites for hydroxylation is 1. The molecule has 2 heterocycles. The summed E-state index contributed by atoms with van der Waals surface area (Å²) < 4.78 is 1.76. The Balaban J connectivity index is 1.74. The Morgan fingerprint density at radius 1 is 1.47 bits per heavy atom. The number of nitrogens with one attached hydrogen (secondary N) is 2. The Morgan fingerprint density at radius 3 is 3.16 bits per heavy atom. The highest BCUT2D eigenvalue weighted by Gasteiger charge is 2.08. The van der Waals surface area contributed by atoms with E-state index in [0.29, 0.717) is 17.9 Å². The van der Waals surface area contributed by atoms with Crippen molar-refractivity contribution in [3.63, 3.8) is 0 Å². The van der Waals surface area contributed by atoms with Gasteiger partial charge in [0.15, 0.2) is 5.82 Å². The zero-order valence-electron chi connectivity index (χ0n) is 10.3. The molecule has 0 atom stereocenters. The lowest BCUT2D eigenvalue weighted by Crippen LogP contribution is -2.24. The summed E-state index contributed by atoms with van der Waals surface area (Å²) in [7, 11) is 1.83. The molecule has 96 valence electrons. The molecule has 1 amide bonds. The van der Waals surface area contributed by atoms with Gasteiger partial charge in [0.05, 0.1) is 18.3 Å². The number of aromatic nitrogens is 5. The van der Waals surface area contributed by atoms with Gasteiger partial charge in [-0.25, -0.2) is 0 Å². The van der Waals surface area contributed by atoms with Crippen LogP contribution < -0.4 is 5.32 Å². The van der Waals surface area contributed by atoms with Crippen molar-refractivity contribution < 1.29 is 4.79 Å². The fourth-order valence-corrected chi connectivity index (χ4v) is 1.81. The van der Waals surface area contributed by atoms with Gasteiger partial charge in [0.2, 0.25) is 0 Å². The van der Waals surface area contributed by atoms with Gasteiger partial charge in [-0.1, -0.05) is 6.07 Å². The van der Waals surface area contributed by atoms with E-state index in [4.69, 9.17) is 0 Å². The number of H-pyrrole nitrogens is 1. The Hall–Kier alpha value is -2.70. The third-order valence-corrected chi connectivity index (χ3v) is 2.92. The second-order valence-corrected chi connectivity index (χ2v) is 4.21. The quantitative estimate of drug-likeness (QED) is 0.719. The van der Waals surface area contributed by atoms with Crippen molar-refractivity contribution in [3.8, 4) is 0 Å². The first-order valence-electron chi connectivity index (χ1n) is 5.78. The van der Waals surface area contributed by atoms with E-state index in [9.17, 15) is 4.79 Å². The summed E-state index contributed by atoms with van der Waals surface area (Å²) in [4.78, 5) is 12.0. The van der Waals surface area contributed by atoms with Crippen molar-refractivity contribution in [2.75, 3.05) is 0 Å². The van der Waals surface area contributed by atoms with E-state index in [1.807, 2.05) is 13.1 Å². The van der Waals surface area contributed by atoms with Gasteiger partial charge in [-0.2, -0.15) is 5.10 Å². The van der Waals surface area contributed by atoms with Gasteiger partial charge < -0.3 is 9.88 Å². The predicted octanol–water partition coefficient (Wildman–Crippen LogP) is 0.621. The van der Waals surface area contributed by atoms with E-state index in [-0.39, 0.29) is 5.91 Å². The number of hydrogen-bond donors (Lipinski definition) is 2. The average Bonchev–Trinajstić information content (AvgIpc) is 3.03. The zero-order chi connectivity index (χ0) is 13.2. The van der Waals surface area contributed by atoms with Gasteiger partial charge in [0.25, 0.3) is 5.91 Å². The largest absolute Gasteiger partial charge is 0.345 e. The summed E-state index contributed by atoms with van der Waals surface area (Å²) in [6.07, 6.45) is 3.31. The molecule has 7 nitrogen and oxygen atoms in total. The van der Waals surface area contributed by atoms with Gasteiger partial charge in [0.1, 0.15) is 6.33 Å². The van der Waals surface area contributed by atoms with Crippen LogP contribution in [0.4, 0.5) is 0 Å². The Kier molecular flexibility index (Phi) is 2.71. The van der Waals surface area contributed by atoms with Crippen LogP contribution in [0.5, 0.6) is 0 Å². The van der Waals surface area contributed by atoms with Gasteiger partial charge in [0, 0.05) is 18.0 Å². The molecule has 0 bridgehead atoms. The average molecular weight is 256 g/mol. The summed E-state index contributed by atoms with van der Waals surface area (Å²) in [5.41, 5.74) is 1.42. The molecule has 1 aromatic carbocycles. The molecule has 2 aromatic heterocycles. The van der Waals surface area contributed by atoms with Crippen LogP contribution in [0.25, 0.3) is 10.9 Å². The smallest absolute Gasteiger partial charge is 0.251 e. The molecule has 0 radical (unpaired) electrons. The third-order valence-electron chi connectivity index (χ3n) is 2.92. The molecule has 0 saturated heterocycles. The van der Waals surface area contributed by atoms with E-state index < -0.39 is 0 Å². The molecule has 0 saturated carbocycles. The van der Waals surface area contributed by atoms with Crippen molar-refractivity contribution in [2.24, 2.45) is 7.05 Å². The molecule has 3 rings (SSSR count). The first kappa shape index (κ1) is 11.4. The molecule has 0 fully saturated rings. The van der Waals surface area contributed by atoms with Crippen LogP contribution in [-0.4, -0.2) is 30.9 Å².